The monoisotopic (exact) mass is 580 g/mol. The largest absolute Gasteiger partial charge is 0.384 e. The minimum atomic E-state index is -0.577. The van der Waals surface area contributed by atoms with E-state index >= 15 is 0 Å². The van der Waals surface area contributed by atoms with Crippen LogP contribution < -0.4 is 21.9 Å². The molecule has 0 fully saturated rings. The molecule has 4 aromatic rings. The van der Waals surface area contributed by atoms with Gasteiger partial charge < -0.3 is 16.4 Å². The topological polar surface area (TPSA) is 115 Å². The fraction of sp³-hybridized carbons (Fsp3) is 0.267. The second-order valence-corrected chi connectivity index (χ2v) is 9.50. The molecule has 0 bridgehead atoms. The third-order valence-corrected chi connectivity index (χ3v) is 7.12. The minimum Gasteiger partial charge on any atom is -0.384 e. The molecule has 3 heterocycles. The summed E-state index contributed by atoms with van der Waals surface area (Å²) in [7, 11) is 0. The van der Waals surface area contributed by atoms with Gasteiger partial charge in [-0.25, -0.2) is 9.97 Å². The normalized spacial score (nSPS) is 13.6. The number of pyridine rings is 1. The van der Waals surface area contributed by atoms with Crippen LogP contribution in [0.2, 0.25) is 0 Å². The Kier molecular flexibility index (Phi) is 10.7. The van der Waals surface area contributed by atoms with Gasteiger partial charge in [-0.3, -0.25) is 14.2 Å². The number of amides is 1. The molecule has 2 aromatic carbocycles. The number of halogens is 2. The van der Waals surface area contributed by atoms with Gasteiger partial charge in [0.05, 0.1) is 0 Å². The van der Waals surface area contributed by atoms with Crippen molar-refractivity contribution in [2.24, 2.45) is 0 Å². The first-order chi connectivity index (χ1) is 18.5. The van der Waals surface area contributed by atoms with Gasteiger partial charge in [0.25, 0.3) is 5.56 Å². The molecule has 8 nitrogen and oxygen atoms in total. The maximum Gasteiger partial charge on any atom is 0.294 e. The van der Waals surface area contributed by atoms with E-state index in [-0.39, 0.29) is 48.0 Å². The Morgan fingerprint density at radius 2 is 1.68 bits per heavy atom. The van der Waals surface area contributed by atoms with Crippen LogP contribution in [0, 0.1) is 0 Å². The van der Waals surface area contributed by atoms with Gasteiger partial charge in [-0.05, 0) is 42.0 Å². The lowest BCUT2D eigenvalue weighted by atomic mass is 9.91. The fourth-order valence-electron chi connectivity index (χ4n) is 5.12. The van der Waals surface area contributed by atoms with Crippen LogP contribution in [-0.2, 0) is 24.2 Å². The first-order valence-corrected chi connectivity index (χ1v) is 13.0. The number of carbonyl (C=O) groups is 1. The van der Waals surface area contributed by atoms with Crippen molar-refractivity contribution in [3.8, 4) is 0 Å². The number of nitrogens with one attached hydrogen (secondary N) is 2. The van der Waals surface area contributed by atoms with E-state index in [1.165, 1.54) is 0 Å². The first-order valence-electron chi connectivity index (χ1n) is 13.0. The van der Waals surface area contributed by atoms with E-state index in [1.807, 2.05) is 49.4 Å². The summed E-state index contributed by atoms with van der Waals surface area (Å²) in [6.45, 7) is 2.83. The van der Waals surface area contributed by atoms with Crippen molar-refractivity contribution in [1.82, 2.24) is 19.9 Å². The van der Waals surface area contributed by atoms with E-state index in [0.717, 1.165) is 34.5 Å². The molecule has 40 heavy (non-hydrogen) atoms. The Bertz CT molecular complexity index is 1440. The Morgan fingerprint density at radius 3 is 2.30 bits per heavy atom. The molecule has 2 aromatic heterocycles. The molecule has 0 radical (unpaired) electrons. The van der Waals surface area contributed by atoms with E-state index < -0.39 is 6.04 Å². The third-order valence-electron chi connectivity index (χ3n) is 7.12. The summed E-state index contributed by atoms with van der Waals surface area (Å²) in [5, 5.41) is 6.28. The van der Waals surface area contributed by atoms with Crippen molar-refractivity contribution < 1.29 is 4.79 Å². The van der Waals surface area contributed by atoms with Crippen molar-refractivity contribution in [2.75, 3.05) is 17.6 Å². The van der Waals surface area contributed by atoms with Crippen LogP contribution in [0.15, 0.2) is 83.8 Å². The van der Waals surface area contributed by atoms with Crippen LogP contribution in [-0.4, -0.2) is 27.0 Å². The van der Waals surface area contributed by atoms with E-state index in [0.29, 0.717) is 31.7 Å². The zero-order valence-electron chi connectivity index (χ0n) is 22.2. The van der Waals surface area contributed by atoms with Crippen LogP contribution in [0.5, 0.6) is 0 Å². The van der Waals surface area contributed by atoms with Crippen molar-refractivity contribution in [1.29, 1.82) is 0 Å². The summed E-state index contributed by atoms with van der Waals surface area (Å²) in [5.41, 5.74) is 10.4. The van der Waals surface area contributed by atoms with E-state index in [1.54, 1.807) is 16.8 Å². The number of nitrogen functional groups attached to an aromatic ring is 1. The zero-order chi connectivity index (χ0) is 26.5. The van der Waals surface area contributed by atoms with Crippen molar-refractivity contribution in [3.05, 3.63) is 117 Å². The summed E-state index contributed by atoms with van der Waals surface area (Å²) >= 11 is 0. The number of aryl methyl sites for hydroxylation is 2. The quantitative estimate of drug-likeness (QED) is 0.265. The summed E-state index contributed by atoms with van der Waals surface area (Å²) in [6.07, 6.45) is 3.61. The van der Waals surface area contributed by atoms with Crippen LogP contribution in [0.4, 0.5) is 11.6 Å². The second-order valence-electron chi connectivity index (χ2n) is 9.50. The lowest BCUT2D eigenvalue weighted by Gasteiger charge is -2.20. The number of carbonyl (C=O) groups excluding carboxylic acids is 1. The van der Waals surface area contributed by atoms with Gasteiger partial charge in [0.15, 0.2) is 5.82 Å². The molecule has 1 aliphatic rings. The van der Waals surface area contributed by atoms with Gasteiger partial charge >= 0.3 is 0 Å². The lowest BCUT2D eigenvalue weighted by Crippen LogP contribution is -2.36. The highest BCUT2D eigenvalue weighted by molar-refractivity contribution is 5.85. The van der Waals surface area contributed by atoms with Gasteiger partial charge in [-0.15, -0.1) is 24.8 Å². The molecule has 1 amide bonds. The SMILES string of the molecule is CCc1nc(N)ccc1CNC(=O)[C@@H]1CCc2cnc(NCC(c3ccccc3)c3ccccc3)c(=O)n21.Cl.Cl. The molecule has 4 N–H and O–H groups in total. The van der Waals surface area contributed by atoms with Crippen molar-refractivity contribution >= 4 is 42.4 Å². The second kappa shape index (κ2) is 14.0. The lowest BCUT2D eigenvalue weighted by molar-refractivity contribution is -0.124. The Hall–Kier alpha value is -3.88. The van der Waals surface area contributed by atoms with Crippen LogP contribution >= 0.6 is 24.8 Å². The summed E-state index contributed by atoms with van der Waals surface area (Å²) in [5.74, 6) is 0.564. The Balaban J connectivity index is 0.00000220. The average molecular weight is 582 g/mol. The molecule has 0 saturated carbocycles. The number of fused-ring (bicyclic) bond motifs is 1. The number of rotatable bonds is 9. The minimum absolute atomic E-state index is 0. The molecule has 0 saturated heterocycles. The number of aromatic nitrogens is 3. The number of benzene rings is 2. The van der Waals surface area contributed by atoms with Crippen molar-refractivity contribution in [2.45, 2.75) is 44.7 Å². The number of anilines is 2. The highest BCUT2D eigenvalue weighted by Gasteiger charge is 2.30. The molecule has 0 unspecified atom stereocenters. The Labute approximate surface area is 246 Å². The van der Waals surface area contributed by atoms with Crippen LogP contribution in [0.1, 0.15) is 53.4 Å². The molecule has 1 aliphatic heterocycles. The van der Waals surface area contributed by atoms with E-state index in [9.17, 15) is 9.59 Å². The van der Waals surface area contributed by atoms with E-state index in [2.05, 4.69) is 44.9 Å². The molecular weight excluding hydrogens is 547 g/mol. The van der Waals surface area contributed by atoms with Gasteiger partial charge in [-0.2, -0.15) is 0 Å². The molecule has 0 aliphatic carbocycles. The number of nitrogens with two attached hydrogens (primary N) is 1. The van der Waals surface area contributed by atoms with Crippen LogP contribution in [0.25, 0.3) is 0 Å². The molecule has 0 spiro atoms. The molecule has 210 valence electrons. The van der Waals surface area contributed by atoms with Gasteiger partial charge in [-0.1, -0.05) is 73.7 Å². The summed E-state index contributed by atoms with van der Waals surface area (Å²) in [6, 6.07) is 23.4. The number of hydrogen-bond donors (Lipinski definition) is 3. The molecule has 10 heteroatoms. The van der Waals surface area contributed by atoms with Crippen LogP contribution in [0.3, 0.4) is 0 Å². The molecule has 1 atom stereocenters. The molecule has 5 rings (SSSR count). The average Bonchev–Trinajstić information content (AvgIpc) is 3.40. The maximum absolute atomic E-state index is 13.5. The predicted octanol–water partition coefficient (Wildman–Crippen LogP) is 4.67. The smallest absolute Gasteiger partial charge is 0.294 e. The first kappa shape index (κ1) is 30.7. The standard InChI is InChI=1S/C30H32N6O2.2ClH/c1-2-25-22(13-16-27(31)35-25)17-34-29(37)26-15-14-23-18-32-28(30(38)36(23)26)33-19-24(20-9-5-3-6-10-20)21-11-7-4-8-12-21;;/h3-13,16,18,24,26H,2,14-15,17,19H2,1H3,(H2,31,35)(H,32,33)(H,34,37);2*1H/t26-;;/m0../s1. The predicted molar refractivity (Wildman–Crippen MR) is 163 cm³/mol. The van der Waals surface area contributed by atoms with Gasteiger partial charge in [0.2, 0.25) is 5.91 Å². The summed E-state index contributed by atoms with van der Waals surface area (Å²) < 4.78 is 1.59. The van der Waals surface area contributed by atoms with Gasteiger partial charge in [0, 0.05) is 36.6 Å². The third kappa shape index (κ3) is 6.63. The summed E-state index contributed by atoms with van der Waals surface area (Å²) in [4.78, 5) is 35.5. The number of nitrogens with zero attached hydrogens (tertiary/aromatic N) is 3. The Morgan fingerprint density at radius 1 is 1.02 bits per heavy atom. The molecular formula is C30H34Cl2N6O2. The van der Waals surface area contributed by atoms with Gasteiger partial charge in [0.1, 0.15) is 11.9 Å². The highest BCUT2D eigenvalue weighted by atomic mass is 35.5. The zero-order valence-corrected chi connectivity index (χ0v) is 23.9. The van der Waals surface area contributed by atoms with Crippen molar-refractivity contribution in [3.63, 3.8) is 0 Å². The highest BCUT2D eigenvalue weighted by Crippen LogP contribution is 2.26. The van der Waals surface area contributed by atoms with E-state index in [4.69, 9.17) is 5.73 Å². The fourth-order valence-corrected chi connectivity index (χ4v) is 5.12. The number of hydrogen-bond acceptors (Lipinski definition) is 6. The maximum atomic E-state index is 13.5.